The van der Waals surface area contributed by atoms with Crippen LogP contribution in [0.4, 0.5) is 14.5 Å². The summed E-state index contributed by atoms with van der Waals surface area (Å²) in [5.74, 6) is -4.01. The van der Waals surface area contributed by atoms with Crippen molar-refractivity contribution in [1.82, 2.24) is 9.97 Å². The van der Waals surface area contributed by atoms with Crippen LogP contribution in [0.2, 0.25) is 0 Å². The number of anilines is 1. The Labute approximate surface area is 188 Å². The number of aromatic nitrogens is 2. The van der Waals surface area contributed by atoms with Crippen LogP contribution in [-0.4, -0.2) is 34.1 Å². The third-order valence-electron chi connectivity index (χ3n) is 6.25. The second-order valence-corrected chi connectivity index (χ2v) is 10.0. The van der Waals surface area contributed by atoms with Gasteiger partial charge in [0.1, 0.15) is 0 Å². The first-order valence-electron chi connectivity index (χ1n) is 11.2. The smallest absolute Gasteiger partial charge is 0.307 e. The van der Waals surface area contributed by atoms with Crippen LogP contribution in [0.1, 0.15) is 63.8 Å². The van der Waals surface area contributed by atoms with Crippen molar-refractivity contribution in [2.45, 2.75) is 66.2 Å². The van der Waals surface area contributed by atoms with Crippen molar-refractivity contribution >= 4 is 11.7 Å². The Balaban J connectivity index is 2.05. The Hall–Kier alpha value is -2.57. The van der Waals surface area contributed by atoms with Crippen LogP contribution in [0, 0.1) is 18.3 Å². The summed E-state index contributed by atoms with van der Waals surface area (Å²) < 4.78 is 29.0. The lowest BCUT2D eigenvalue weighted by molar-refractivity contribution is -0.136. The number of hydrogen-bond donors (Lipinski definition) is 1. The van der Waals surface area contributed by atoms with Crippen molar-refractivity contribution in [3.05, 3.63) is 41.3 Å². The van der Waals surface area contributed by atoms with Gasteiger partial charge in [0, 0.05) is 54.3 Å². The summed E-state index contributed by atoms with van der Waals surface area (Å²) in [6.07, 6.45) is 4.49. The van der Waals surface area contributed by atoms with E-state index in [2.05, 4.69) is 28.7 Å². The second-order valence-electron chi connectivity index (χ2n) is 10.0. The van der Waals surface area contributed by atoms with Crippen LogP contribution in [0.5, 0.6) is 0 Å². The average Bonchev–Trinajstić information content (AvgIpc) is 2.69. The first-order chi connectivity index (χ1) is 14.9. The maximum Gasteiger partial charge on any atom is 0.307 e. The summed E-state index contributed by atoms with van der Waals surface area (Å²) >= 11 is 0. The van der Waals surface area contributed by atoms with Crippen molar-refractivity contribution in [1.29, 1.82) is 0 Å². The fraction of sp³-hybridized carbons (Fsp3) is 0.560. The van der Waals surface area contributed by atoms with E-state index in [-0.39, 0.29) is 29.7 Å². The molecule has 2 aromatic heterocycles. The zero-order chi connectivity index (χ0) is 23.7. The summed E-state index contributed by atoms with van der Waals surface area (Å²) in [7, 11) is 0. The summed E-state index contributed by atoms with van der Waals surface area (Å²) in [6.45, 7) is 11.4. The largest absolute Gasteiger partial charge is 0.481 e. The number of alkyl halides is 2. The number of carbonyl (C=O) groups is 1. The molecular formula is C25H33F2N3O2. The summed E-state index contributed by atoms with van der Waals surface area (Å²) in [5, 5.41) is 9.51. The number of carboxylic acid groups (broad SMARTS) is 1. The van der Waals surface area contributed by atoms with Crippen LogP contribution in [0.3, 0.4) is 0 Å². The maximum atomic E-state index is 14.5. The number of aliphatic carboxylic acids is 1. The van der Waals surface area contributed by atoms with E-state index in [1.54, 1.807) is 26.1 Å². The van der Waals surface area contributed by atoms with E-state index in [1.165, 1.54) is 12.3 Å². The second kappa shape index (κ2) is 9.12. The normalized spacial score (nSPS) is 16.4. The van der Waals surface area contributed by atoms with Crippen LogP contribution in [0.25, 0.3) is 11.3 Å². The van der Waals surface area contributed by atoms with Gasteiger partial charge in [-0.15, -0.1) is 0 Å². The molecule has 32 heavy (non-hydrogen) atoms. The number of pyridine rings is 2. The van der Waals surface area contributed by atoms with Crippen molar-refractivity contribution in [3.63, 3.8) is 0 Å². The number of nitrogens with zero attached hydrogens (tertiary/aromatic N) is 3. The van der Waals surface area contributed by atoms with Crippen molar-refractivity contribution in [2.75, 3.05) is 18.0 Å². The zero-order valence-corrected chi connectivity index (χ0v) is 19.6. The molecule has 3 rings (SSSR count). The van der Waals surface area contributed by atoms with E-state index in [4.69, 9.17) is 0 Å². The minimum absolute atomic E-state index is 0.109. The molecule has 3 heterocycles. The summed E-state index contributed by atoms with van der Waals surface area (Å²) in [4.78, 5) is 22.6. The summed E-state index contributed by atoms with van der Waals surface area (Å²) in [5.41, 5.74) is 3.46. The molecule has 1 fully saturated rings. The Kier molecular flexibility index (Phi) is 6.86. The Morgan fingerprint density at radius 2 is 1.84 bits per heavy atom. The van der Waals surface area contributed by atoms with E-state index >= 15 is 0 Å². The van der Waals surface area contributed by atoms with Gasteiger partial charge in [0.25, 0.3) is 5.92 Å². The Morgan fingerprint density at radius 3 is 2.38 bits per heavy atom. The number of carboxylic acids is 1. The molecule has 0 amide bonds. The van der Waals surface area contributed by atoms with Gasteiger partial charge in [-0.3, -0.25) is 14.8 Å². The molecule has 0 saturated carbocycles. The molecule has 0 atom stereocenters. The molecule has 0 bridgehead atoms. The highest BCUT2D eigenvalue weighted by molar-refractivity contribution is 5.83. The number of piperidine rings is 1. The van der Waals surface area contributed by atoms with Gasteiger partial charge in [-0.2, -0.15) is 0 Å². The predicted octanol–water partition coefficient (Wildman–Crippen LogP) is 5.84. The minimum atomic E-state index is -2.94. The number of halogens is 2. The molecule has 1 aliphatic rings. The van der Waals surface area contributed by atoms with Gasteiger partial charge in [0.2, 0.25) is 0 Å². The quantitative estimate of drug-likeness (QED) is 0.580. The van der Waals surface area contributed by atoms with Gasteiger partial charge in [-0.05, 0) is 43.2 Å². The molecule has 174 valence electrons. The highest BCUT2D eigenvalue weighted by Gasteiger charge is 2.33. The molecular weight excluding hydrogens is 412 g/mol. The van der Waals surface area contributed by atoms with Gasteiger partial charge < -0.3 is 10.0 Å². The Bertz CT molecular complexity index is 962. The van der Waals surface area contributed by atoms with Gasteiger partial charge in [0.05, 0.1) is 17.8 Å². The molecule has 0 unspecified atom stereocenters. The molecule has 1 saturated heterocycles. The molecule has 7 heteroatoms. The highest BCUT2D eigenvalue weighted by atomic mass is 19.3. The van der Waals surface area contributed by atoms with Crippen LogP contribution in [0.15, 0.2) is 24.5 Å². The van der Waals surface area contributed by atoms with E-state index in [0.717, 1.165) is 31.6 Å². The predicted molar refractivity (Wildman–Crippen MR) is 122 cm³/mol. The standard InChI is InChI=1S/C25H33F2N3O2/c1-16(2)13-25(26,27)18-6-7-21(29-14-18)20-15-28-17(3)19(12-22(31)32)23(20)30-10-8-24(4,5)9-11-30/h6-7,14-16H,8-13H2,1-5H3,(H,31,32). The fourth-order valence-electron chi connectivity index (χ4n) is 4.28. The lowest BCUT2D eigenvalue weighted by Crippen LogP contribution is -2.38. The molecule has 1 aliphatic heterocycles. The number of hydrogen-bond acceptors (Lipinski definition) is 4. The van der Waals surface area contributed by atoms with E-state index in [9.17, 15) is 18.7 Å². The lowest BCUT2D eigenvalue weighted by Gasteiger charge is -2.40. The van der Waals surface area contributed by atoms with Gasteiger partial charge in [-0.1, -0.05) is 27.7 Å². The zero-order valence-electron chi connectivity index (χ0n) is 19.6. The fourth-order valence-corrected chi connectivity index (χ4v) is 4.28. The maximum absolute atomic E-state index is 14.5. The van der Waals surface area contributed by atoms with Crippen LogP contribution < -0.4 is 4.90 Å². The molecule has 0 aromatic carbocycles. The monoisotopic (exact) mass is 445 g/mol. The molecule has 0 spiro atoms. The third kappa shape index (κ3) is 5.43. The number of aryl methyl sites for hydroxylation is 1. The van der Waals surface area contributed by atoms with Crippen molar-refractivity contribution in [2.24, 2.45) is 11.3 Å². The molecule has 1 N–H and O–H groups in total. The first kappa shape index (κ1) is 24.1. The molecule has 2 aromatic rings. The van der Waals surface area contributed by atoms with Crippen molar-refractivity contribution < 1.29 is 18.7 Å². The summed E-state index contributed by atoms with van der Waals surface area (Å²) in [6, 6.07) is 3.02. The van der Waals surface area contributed by atoms with E-state index < -0.39 is 11.9 Å². The van der Waals surface area contributed by atoms with E-state index in [0.29, 0.717) is 22.5 Å². The molecule has 5 nitrogen and oxygen atoms in total. The van der Waals surface area contributed by atoms with Crippen molar-refractivity contribution in [3.8, 4) is 11.3 Å². The Morgan fingerprint density at radius 1 is 1.19 bits per heavy atom. The molecule has 0 radical (unpaired) electrons. The average molecular weight is 446 g/mol. The molecule has 0 aliphatic carbocycles. The van der Waals surface area contributed by atoms with Crippen LogP contribution >= 0.6 is 0 Å². The lowest BCUT2D eigenvalue weighted by atomic mass is 9.82. The SMILES string of the molecule is Cc1ncc(-c2ccc(C(F)(F)CC(C)C)cn2)c(N2CCC(C)(C)CC2)c1CC(=O)O. The minimum Gasteiger partial charge on any atom is -0.481 e. The topological polar surface area (TPSA) is 66.3 Å². The van der Waals surface area contributed by atoms with Gasteiger partial charge in [0.15, 0.2) is 0 Å². The van der Waals surface area contributed by atoms with Gasteiger partial charge in [-0.25, -0.2) is 8.78 Å². The third-order valence-corrected chi connectivity index (χ3v) is 6.25. The van der Waals surface area contributed by atoms with Gasteiger partial charge >= 0.3 is 5.97 Å². The highest BCUT2D eigenvalue weighted by Crippen LogP contribution is 2.40. The van der Waals surface area contributed by atoms with Crippen LogP contribution in [-0.2, 0) is 17.1 Å². The number of rotatable bonds is 7. The van der Waals surface area contributed by atoms with E-state index in [1.807, 2.05) is 6.92 Å². The first-order valence-corrected chi connectivity index (χ1v) is 11.2.